The van der Waals surface area contributed by atoms with Crippen LogP contribution in [0.25, 0.3) is 120 Å². The van der Waals surface area contributed by atoms with Crippen LogP contribution in [-0.4, -0.2) is 24.1 Å². The predicted molar refractivity (Wildman–Crippen MR) is 263 cm³/mol. The van der Waals surface area contributed by atoms with Crippen molar-refractivity contribution in [2.75, 3.05) is 0 Å². The maximum atomic E-state index is 5.05. The molecule has 294 valence electrons. The summed E-state index contributed by atoms with van der Waals surface area (Å²) in [6.45, 7) is 0. The van der Waals surface area contributed by atoms with Crippen molar-refractivity contribution in [2.45, 2.75) is 0 Å². The number of thiophene rings is 1. The van der Waals surface area contributed by atoms with E-state index >= 15 is 0 Å². The minimum Gasteiger partial charge on any atom is -0.309 e. The van der Waals surface area contributed by atoms with Crippen LogP contribution in [0.5, 0.6) is 0 Å². The smallest absolute Gasteiger partial charge is 0.164 e. The maximum Gasteiger partial charge on any atom is 0.164 e. The Balaban J connectivity index is 0.963. The van der Waals surface area contributed by atoms with Gasteiger partial charge in [-0.1, -0.05) is 133 Å². The first-order valence-corrected chi connectivity index (χ1v) is 22.0. The topological polar surface area (TPSA) is 48.5 Å². The summed E-state index contributed by atoms with van der Waals surface area (Å²) >= 11 is 1.82. The average molecular weight is 822 g/mol. The normalized spacial score (nSPS) is 11.8. The van der Waals surface area contributed by atoms with E-state index in [0.717, 1.165) is 28.1 Å². The lowest BCUT2D eigenvalue weighted by molar-refractivity contribution is 1.07. The quantitative estimate of drug-likeness (QED) is 0.168. The van der Waals surface area contributed by atoms with Gasteiger partial charge in [-0.15, -0.1) is 11.3 Å². The highest BCUT2D eigenvalue weighted by Gasteiger charge is 2.18. The van der Waals surface area contributed by atoms with E-state index in [1.165, 1.54) is 74.9 Å². The molecule has 63 heavy (non-hydrogen) atoms. The summed E-state index contributed by atoms with van der Waals surface area (Å²) in [6.07, 6.45) is 0. The van der Waals surface area contributed by atoms with E-state index in [9.17, 15) is 0 Å². The van der Waals surface area contributed by atoms with Crippen LogP contribution in [0, 0.1) is 0 Å². The van der Waals surface area contributed by atoms with Gasteiger partial charge in [0.1, 0.15) is 0 Å². The van der Waals surface area contributed by atoms with Crippen LogP contribution in [0.15, 0.2) is 212 Å². The number of benzene rings is 9. The Kier molecular flexibility index (Phi) is 8.01. The van der Waals surface area contributed by atoms with E-state index in [0.29, 0.717) is 17.5 Å². The first-order chi connectivity index (χ1) is 31.2. The molecule has 0 aliphatic rings. The van der Waals surface area contributed by atoms with Gasteiger partial charge < -0.3 is 9.13 Å². The number of hydrogen-bond donors (Lipinski definition) is 0. The minimum atomic E-state index is 0.651. The van der Waals surface area contributed by atoms with Gasteiger partial charge in [0.2, 0.25) is 0 Å². The summed E-state index contributed by atoms with van der Waals surface area (Å²) in [5.41, 5.74) is 12.3. The molecule has 5 nitrogen and oxygen atoms in total. The average Bonchev–Trinajstić information content (AvgIpc) is 4.01. The Bertz CT molecular complexity index is 3850. The van der Waals surface area contributed by atoms with E-state index in [1.807, 2.05) is 72.0 Å². The van der Waals surface area contributed by atoms with Crippen molar-refractivity contribution < 1.29 is 0 Å². The van der Waals surface area contributed by atoms with Crippen molar-refractivity contribution in [3.8, 4) is 56.7 Å². The second-order valence-electron chi connectivity index (χ2n) is 16.0. The first kappa shape index (κ1) is 35.6. The SMILES string of the molecule is c1ccc(-c2nc(-c3ccccc3)nc(-c3ccc4sc5ccc(-n6c7ccccc7c7ccc(-c8ccc9c(c8)c8ccccc8n9-c8ccccc8)cc76)cc5c4c3)n2)cc1. The molecular weight excluding hydrogens is 787 g/mol. The third-order valence-corrected chi connectivity index (χ3v) is 13.5. The van der Waals surface area contributed by atoms with E-state index in [4.69, 9.17) is 15.0 Å². The number of rotatable bonds is 6. The van der Waals surface area contributed by atoms with E-state index < -0.39 is 0 Å². The molecule has 0 saturated carbocycles. The summed E-state index contributed by atoms with van der Waals surface area (Å²) in [4.78, 5) is 15.0. The van der Waals surface area contributed by atoms with E-state index in [2.05, 4.69) is 161 Å². The Labute approximate surface area is 366 Å². The molecule has 4 aromatic heterocycles. The maximum absolute atomic E-state index is 5.05. The van der Waals surface area contributed by atoms with E-state index in [-0.39, 0.29) is 0 Å². The Morgan fingerprint density at radius 1 is 0.270 bits per heavy atom. The van der Waals surface area contributed by atoms with Crippen molar-refractivity contribution in [1.82, 2.24) is 24.1 Å². The number of fused-ring (bicyclic) bond motifs is 9. The van der Waals surface area contributed by atoms with Crippen molar-refractivity contribution in [3.63, 3.8) is 0 Å². The Morgan fingerprint density at radius 3 is 1.41 bits per heavy atom. The zero-order valence-corrected chi connectivity index (χ0v) is 34.7. The van der Waals surface area contributed by atoms with Gasteiger partial charge in [-0.3, -0.25) is 0 Å². The molecule has 0 atom stereocenters. The Morgan fingerprint density at radius 2 is 0.730 bits per heavy atom. The highest BCUT2D eigenvalue weighted by atomic mass is 32.1. The second kappa shape index (κ2) is 14.2. The van der Waals surface area contributed by atoms with Gasteiger partial charge in [0, 0.05) is 69.8 Å². The summed E-state index contributed by atoms with van der Waals surface area (Å²) in [5, 5.41) is 7.34. The number of para-hydroxylation sites is 3. The van der Waals surface area contributed by atoms with Crippen LogP contribution in [-0.2, 0) is 0 Å². The summed E-state index contributed by atoms with van der Waals surface area (Å²) in [6, 6.07) is 75.8. The number of nitrogens with zero attached hydrogens (tertiary/aromatic N) is 5. The zero-order chi connectivity index (χ0) is 41.4. The molecule has 0 radical (unpaired) electrons. The molecule has 0 aliphatic heterocycles. The largest absolute Gasteiger partial charge is 0.309 e. The number of aromatic nitrogens is 5. The van der Waals surface area contributed by atoms with Crippen molar-refractivity contribution in [2.24, 2.45) is 0 Å². The van der Waals surface area contributed by atoms with Gasteiger partial charge in [-0.2, -0.15) is 0 Å². The van der Waals surface area contributed by atoms with Gasteiger partial charge in [-0.25, -0.2) is 15.0 Å². The number of hydrogen-bond acceptors (Lipinski definition) is 4. The molecule has 0 amide bonds. The minimum absolute atomic E-state index is 0.651. The lowest BCUT2D eigenvalue weighted by atomic mass is 10.0. The highest BCUT2D eigenvalue weighted by Crippen LogP contribution is 2.41. The molecule has 0 fully saturated rings. The fraction of sp³-hybridized carbons (Fsp3) is 0. The highest BCUT2D eigenvalue weighted by molar-refractivity contribution is 7.25. The molecule has 9 aromatic carbocycles. The lowest BCUT2D eigenvalue weighted by Gasteiger charge is -2.11. The third-order valence-electron chi connectivity index (χ3n) is 12.4. The van der Waals surface area contributed by atoms with Crippen molar-refractivity contribution >= 4 is 75.1 Å². The van der Waals surface area contributed by atoms with Crippen molar-refractivity contribution in [3.05, 3.63) is 212 Å². The summed E-state index contributed by atoms with van der Waals surface area (Å²) in [5.74, 6) is 1.96. The predicted octanol–water partition coefficient (Wildman–Crippen LogP) is 15.1. The van der Waals surface area contributed by atoms with Gasteiger partial charge in [0.05, 0.1) is 22.1 Å². The van der Waals surface area contributed by atoms with Crippen LogP contribution in [0.4, 0.5) is 0 Å². The van der Waals surface area contributed by atoms with Crippen molar-refractivity contribution in [1.29, 1.82) is 0 Å². The van der Waals surface area contributed by atoms with Crippen LogP contribution in [0.2, 0.25) is 0 Å². The molecule has 6 heteroatoms. The van der Waals surface area contributed by atoms with Crippen LogP contribution >= 0.6 is 11.3 Å². The monoisotopic (exact) mass is 821 g/mol. The van der Waals surface area contributed by atoms with Crippen LogP contribution in [0.1, 0.15) is 0 Å². The van der Waals surface area contributed by atoms with Crippen LogP contribution in [0.3, 0.4) is 0 Å². The molecule has 0 N–H and O–H groups in total. The molecule has 0 aliphatic carbocycles. The molecule has 0 bridgehead atoms. The van der Waals surface area contributed by atoms with Crippen LogP contribution < -0.4 is 0 Å². The standard InChI is InChI=1S/C57H35N5S/c1-4-14-36(15-5-1)55-58-56(37-16-6-2-7-17-37)60-57(59-55)40-26-30-53-47(33-40)48-35-42(27-31-54(48)63-53)62-49-22-12-10-20-43(49)45-28-24-39(34-52(45)62)38-25-29-51-46(32-38)44-21-11-13-23-50(44)61(51)41-18-8-3-9-19-41/h1-35H. The molecule has 0 saturated heterocycles. The summed E-state index contributed by atoms with van der Waals surface area (Å²) in [7, 11) is 0. The van der Waals surface area contributed by atoms with E-state index in [1.54, 1.807) is 0 Å². The molecular formula is C57H35N5S. The lowest BCUT2D eigenvalue weighted by Crippen LogP contribution is -2.00. The molecule has 0 unspecified atom stereocenters. The van der Waals surface area contributed by atoms with Gasteiger partial charge in [0.15, 0.2) is 17.5 Å². The fourth-order valence-electron chi connectivity index (χ4n) is 9.42. The zero-order valence-electron chi connectivity index (χ0n) is 33.9. The molecule has 13 aromatic rings. The van der Waals surface area contributed by atoms with Gasteiger partial charge >= 0.3 is 0 Å². The third kappa shape index (κ3) is 5.80. The second-order valence-corrected chi connectivity index (χ2v) is 17.1. The fourth-order valence-corrected chi connectivity index (χ4v) is 10.5. The first-order valence-electron chi connectivity index (χ1n) is 21.2. The van der Waals surface area contributed by atoms with Gasteiger partial charge in [-0.05, 0) is 90.0 Å². The Hall–Kier alpha value is -8.19. The molecule has 4 heterocycles. The molecule has 13 rings (SSSR count). The molecule has 0 spiro atoms. The van der Waals surface area contributed by atoms with Gasteiger partial charge in [0.25, 0.3) is 0 Å². The summed E-state index contributed by atoms with van der Waals surface area (Å²) < 4.78 is 7.27.